The van der Waals surface area contributed by atoms with E-state index in [1.54, 1.807) is 0 Å². The number of hydrogen-bond acceptors (Lipinski definition) is 2. The van der Waals surface area contributed by atoms with Crippen LogP contribution in [0.1, 0.15) is 65.4 Å². The van der Waals surface area contributed by atoms with Crippen molar-refractivity contribution < 1.29 is 22.0 Å². The minimum atomic E-state index is -3.44. The number of alkyl halides is 3. The van der Waals surface area contributed by atoms with Crippen molar-refractivity contribution in [1.29, 1.82) is 5.26 Å². The molecule has 26 heavy (non-hydrogen) atoms. The van der Waals surface area contributed by atoms with E-state index in [9.17, 15) is 27.2 Å². The third-order valence-electron chi connectivity index (χ3n) is 4.79. The Bertz CT molecular complexity index is 912. The zero-order valence-electron chi connectivity index (χ0n) is 14.1. The molecule has 2 aromatic rings. The van der Waals surface area contributed by atoms with Gasteiger partial charge in [-0.15, -0.1) is 0 Å². The highest BCUT2D eigenvalue weighted by molar-refractivity contribution is 5.52. The van der Waals surface area contributed by atoms with Crippen LogP contribution >= 0.6 is 0 Å². The smallest absolute Gasteiger partial charge is 0.252 e. The maximum atomic E-state index is 14.5. The van der Waals surface area contributed by atoms with Gasteiger partial charge in [0.15, 0.2) is 5.82 Å². The number of pyridine rings is 1. The molecule has 0 bridgehead atoms. The summed E-state index contributed by atoms with van der Waals surface area (Å²) in [5, 5.41) is 9.32. The van der Waals surface area contributed by atoms with E-state index in [4.69, 9.17) is 0 Å². The number of nitrogens with zero attached hydrogens (tertiary/aromatic N) is 2. The molecule has 1 aliphatic rings. The van der Waals surface area contributed by atoms with Crippen molar-refractivity contribution in [2.24, 2.45) is 0 Å². The summed E-state index contributed by atoms with van der Waals surface area (Å²) in [4.78, 5) is 3.57. The van der Waals surface area contributed by atoms with Gasteiger partial charge in [0.05, 0.1) is 11.6 Å². The second-order valence-corrected chi connectivity index (χ2v) is 6.56. The SMILES string of the molecule is Cc1c([C@H]2CC[C@H](F)c3cc(F)cc(C#N)c32)cnc(C(C)(F)F)c1F. The van der Waals surface area contributed by atoms with Crippen LogP contribution in [0.15, 0.2) is 18.3 Å². The Hall–Kier alpha value is -2.49. The van der Waals surface area contributed by atoms with Crippen LogP contribution in [0.25, 0.3) is 0 Å². The van der Waals surface area contributed by atoms with E-state index in [-0.39, 0.29) is 35.1 Å². The van der Waals surface area contributed by atoms with Gasteiger partial charge in [0.25, 0.3) is 5.92 Å². The summed E-state index contributed by atoms with van der Waals surface area (Å²) in [6.07, 6.45) is -0.0129. The van der Waals surface area contributed by atoms with Gasteiger partial charge in [0.1, 0.15) is 17.7 Å². The first-order valence-corrected chi connectivity index (χ1v) is 8.06. The first-order chi connectivity index (χ1) is 12.1. The quantitative estimate of drug-likeness (QED) is 0.650. The molecule has 1 aliphatic carbocycles. The van der Waals surface area contributed by atoms with Gasteiger partial charge in [-0.3, -0.25) is 4.98 Å². The highest BCUT2D eigenvalue weighted by atomic mass is 19.3. The van der Waals surface area contributed by atoms with Crippen molar-refractivity contribution in [3.8, 4) is 6.07 Å². The lowest BCUT2D eigenvalue weighted by Crippen LogP contribution is -2.20. The van der Waals surface area contributed by atoms with Crippen molar-refractivity contribution >= 4 is 0 Å². The highest BCUT2D eigenvalue weighted by Gasteiger charge is 2.36. The third-order valence-corrected chi connectivity index (χ3v) is 4.79. The summed E-state index contributed by atoms with van der Waals surface area (Å²) < 4.78 is 69.4. The standard InChI is InChI=1S/C19H15F5N2/c1-9-14(8-26-18(17(9)22)19(2,23)24)12-3-4-15(21)13-6-11(20)5-10(7-25)16(12)13/h5-6,8,12,15H,3-4H2,1-2H3/t12-,15+/m1/s1. The van der Waals surface area contributed by atoms with E-state index >= 15 is 0 Å². The average Bonchev–Trinajstić information content (AvgIpc) is 2.56. The van der Waals surface area contributed by atoms with Crippen LogP contribution in [-0.4, -0.2) is 4.98 Å². The molecule has 136 valence electrons. The predicted molar refractivity (Wildman–Crippen MR) is 84.5 cm³/mol. The first kappa shape index (κ1) is 18.3. The minimum Gasteiger partial charge on any atom is -0.252 e. The van der Waals surface area contributed by atoms with Gasteiger partial charge in [-0.1, -0.05) is 0 Å². The van der Waals surface area contributed by atoms with Crippen molar-refractivity contribution in [3.63, 3.8) is 0 Å². The molecule has 0 saturated heterocycles. The Morgan fingerprint density at radius 3 is 2.50 bits per heavy atom. The van der Waals surface area contributed by atoms with E-state index in [0.29, 0.717) is 12.5 Å². The Kier molecular flexibility index (Phi) is 4.47. The van der Waals surface area contributed by atoms with E-state index in [2.05, 4.69) is 4.98 Å². The lowest BCUT2D eigenvalue weighted by Gasteiger charge is -2.30. The van der Waals surface area contributed by atoms with E-state index < -0.39 is 35.3 Å². The fourth-order valence-electron chi connectivity index (χ4n) is 3.55. The second-order valence-electron chi connectivity index (χ2n) is 6.56. The van der Waals surface area contributed by atoms with Gasteiger partial charge in [0, 0.05) is 19.0 Å². The van der Waals surface area contributed by atoms with Crippen LogP contribution in [0.4, 0.5) is 22.0 Å². The van der Waals surface area contributed by atoms with Crippen molar-refractivity contribution in [2.45, 2.75) is 44.7 Å². The number of benzene rings is 1. The first-order valence-electron chi connectivity index (χ1n) is 8.06. The predicted octanol–water partition coefficient (Wildman–Crippen LogP) is 5.59. The Morgan fingerprint density at radius 1 is 1.19 bits per heavy atom. The molecule has 0 amide bonds. The fourth-order valence-corrected chi connectivity index (χ4v) is 3.55. The monoisotopic (exact) mass is 366 g/mol. The molecule has 1 aromatic carbocycles. The number of fused-ring (bicyclic) bond motifs is 1. The summed E-state index contributed by atoms with van der Waals surface area (Å²) in [5.74, 6) is -5.91. The van der Waals surface area contributed by atoms with E-state index in [0.717, 1.165) is 18.3 Å². The molecule has 7 heteroatoms. The second kappa shape index (κ2) is 6.35. The molecule has 2 atom stereocenters. The molecular formula is C19H15F5N2. The van der Waals surface area contributed by atoms with Gasteiger partial charge < -0.3 is 0 Å². The minimum absolute atomic E-state index is 0.0296. The summed E-state index contributed by atoms with van der Waals surface area (Å²) in [6.45, 7) is 1.90. The summed E-state index contributed by atoms with van der Waals surface area (Å²) in [6, 6.07) is 3.87. The normalized spacial score (nSPS) is 19.8. The molecule has 3 rings (SSSR count). The van der Waals surface area contributed by atoms with Crippen LogP contribution in [-0.2, 0) is 5.92 Å². The Balaban J connectivity index is 2.21. The number of rotatable bonds is 2. The summed E-state index contributed by atoms with van der Waals surface area (Å²) >= 11 is 0. The van der Waals surface area contributed by atoms with Crippen molar-refractivity contribution in [1.82, 2.24) is 4.98 Å². The van der Waals surface area contributed by atoms with Gasteiger partial charge in [0.2, 0.25) is 0 Å². The Labute approximate surface area is 147 Å². The van der Waals surface area contributed by atoms with Crippen LogP contribution < -0.4 is 0 Å². The summed E-state index contributed by atoms with van der Waals surface area (Å²) in [5.41, 5.74) is -0.421. The number of halogens is 5. The largest absolute Gasteiger partial charge is 0.289 e. The number of nitriles is 1. The average molecular weight is 366 g/mol. The molecule has 1 aromatic heterocycles. The maximum absolute atomic E-state index is 14.5. The molecular weight excluding hydrogens is 351 g/mol. The third kappa shape index (κ3) is 2.94. The molecule has 0 fully saturated rings. The van der Waals surface area contributed by atoms with Crippen LogP contribution in [0.3, 0.4) is 0 Å². The van der Waals surface area contributed by atoms with Gasteiger partial charge >= 0.3 is 0 Å². The van der Waals surface area contributed by atoms with Crippen molar-refractivity contribution in [2.75, 3.05) is 0 Å². The maximum Gasteiger partial charge on any atom is 0.289 e. The zero-order valence-corrected chi connectivity index (χ0v) is 14.1. The highest BCUT2D eigenvalue weighted by Crippen LogP contribution is 2.46. The fraction of sp³-hybridized carbons (Fsp3) is 0.368. The van der Waals surface area contributed by atoms with Crippen LogP contribution in [0.2, 0.25) is 0 Å². The topological polar surface area (TPSA) is 36.7 Å². The van der Waals surface area contributed by atoms with Gasteiger partial charge in [-0.05, 0) is 54.2 Å². The molecule has 0 unspecified atom stereocenters. The lowest BCUT2D eigenvalue weighted by atomic mass is 9.75. The van der Waals surface area contributed by atoms with E-state index in [1.165, 1.54) is 6.92 Å². The van der Waals surface area contributed by atoms with Crippen LogP contribution in [0, 0.1) is 29.9 Å². The number of aromatic nitrogens is 1. The molecule has 0 N–H and O–H groups in total. The molecule has 0 spiro atoms. The van der Waals surface area contributed by atoms with Gasteiger partial charge in [-0.25, -0.2) is 13.2 Å². The molecule has 2 nitrogen and oxygen atoms in total. The van der Waals surface area contributed by atoms with Gasteiger partial charge in [-0.2, -0.15) is 14.0 Å². The van der Waals surface area contributed by atoms with E-state index in [1.807, 2.05) is 6.07 Å². The number of hydrogen-bond donors (Lipinski definition) is 0. The lowest BCUT2D eigenvalue weighted by molar-refractivity contribution is 0.00856. The molecule has 0 aliphatic heterocycles. The molecule has 1 heterocycles. The van der Waals surface area contributed by atoms with Crippen LogP contribution in [0.5, 0.6) is 0 Å². The molecule has 0 saturated carbocycles. The summed E-state index contributed by atoms with van der Waals surface area (Å²) in [7, 11) is 0. The Morgan fingerprint density at radius 2 is 1.88 bits per heavy atom. The molecule has 0 radical (unpaired) electrons. The van der Waals surface area contributed by atoms with Crippen molar-refractivity contribution in [3.05, 3.63) is 63.5 Å². The zero-order chi connectivity index (χ0) is 19.2.